The van der Waals surface area contributed by atoms with E-state index in [0.717, 1.165) is 19.2 Å². The molecule has 0 radical (unpaired) electrons. The van der Waals surface area contributed by atoms with E-state index in [9.17, 15) is 13.2 Å². The van der Waals surface area contributed by atoms with Crippen molar-refractivity contribution in [3.63, 3.8) is 0 Å². The molecule has 0 saturated carbocycles. The molecule has 2 aromatic carbocycles. The van der Waals surface area contributed by atoms with Crippen LogP contribution in [0.15, 0.2) is 36.5 Å². The molecule has 0 aliphatic carbocycles. The average molecular weight is 585 g/mol. The molecule has 2 fully saturated rings. The second-order valence-electron chi connectivity index (χ2n) is 12.0. The summed E-state index contributed by atoms with van der Waals surface area (Å²) >= 11 is 0. The van der Waals surface area contributed by atoms with Crippen LogP contribution in [0.3, 0.4) is 0 Å². The minimum atomic E-state index is -4.72. The van der Waals surface area contributed by atoms with E-state index in [-0.39, 0.29) is 17.3 Å². The van der Waals surface area contributed by atoms with Crippen molar-refractivity contribution in [1.82, 2.24) is 29.4 Å². The molecule has 4 heterocycles. The molecule has 2 aliphatic rings. The molecule has 8 nitrogen and oxygen atoms in total. The minimum absolute atomic E-state index is 0.155. The van der Waals surface area contributed by atoms with Gasteiger partial charge in [-0.1, -0.05) is 6.07 Å². The van der Waals surface area contributed by atoms with E-state index in [2.05, 4.69) is 50.8 Å². The number of aromatic nitrogens is 4. The second-order valence-corrected chi connectivity index (χ2v) is 12.0. The summed E-state index contributed by atoms with van der Waals surface area (Å²) in [5.74, 6) is -0.218. The Morgan fingerprint density at radius 3 is 2.24 bits per heavy atom. The first-order chi connectivity index (χ1) is 19.9. The molecular formula is C30H36F4N8. The van der Waals surface area contributed by atoms with Crippen molar-refractivity contribution in [3.8, 4) is 11.1 Å². The molecule has 42 heavy (non-hydrogen) atoms. The lowest BCUT2D eigenvalue weighted by Crippen LogP contribution is -2.55. The summed E-state index contributed by atoms with van der Waals surface area (Å²) in [4.78, 5) is 12.6. The maximum atomic E-state index is 15.7. The van der Waals surface area contributed by atoms with Crippen molar-refractivity contribution in [2.45, 2.75) is 51.0 Å². The number of piperidine rings is 1. The molecular weight excluding hydrogens is 548 g/mol. The van der Waals surface area contributed by atoms with E-state index in [0.29, 0.717) is 66.2 Å². The van der Waals surface area contributed by atoms with Crippen molar-refractivity contribution < 1.29 is 17.6 Å². The van der Waals surface area contributed by atoms with Crippen LogP contribution in [0.4, 0.5) is 29.2 Å². The van der Waals surface area contributed by atoms with Crippen LogP contribution < -0.4 is 9.80 Å². The largest absolute Gasteiger partial charge is 0.418 e. The van der Waals surface area contributed by atoms with Gasteiger partial charge in [-0.2, -0.15) is 13.2 Å². The maximum absolute atomic E-state index is 15.7. The standard InChI is InChI=1S/C30H36F4N8/c1-18-16-41(17-19(2)39(18)5)29-37-36-27-15-35-25-7-6-20(14-26(25)42(27)29)21-12-23(30(32,33)34)28(24(31)13-21)40-10-8-22(9-11-40)38(3)4/h6-7,12-15,18-19,22H,8-11,16-17H2,1-5H3/t18-,19+. The van der Waals surface area contributed by atoms with Gasteiger partial charge < -0.3 is 14.7 Å². The van der Waals surface area contributed by atoms with Crippen molar-refractivity contribution >= 4 is 28.3 Å². The zero-order valence-corrected chi connectivity index (χ0v) is 24.5. The molecule has 2 aromatic heterocycles. The number of nitrogens with zero attached hydrogens (tertiary/aromatic N) is 8. The SMILES string of the molecule is C[C@@H]1CN(c2nnc3cnc4ccc(-c5cc(F)c(N6CCC(N(C)C)CC6)c(C(F)(F)F)c5)cc4n23)C[C@H](C)N1C. The normalized spacial score (nSPS) is 21.3. The number of benzene rings is 2. The van der Waals surface area contributed by atoms with Gasteiger partial charge >= 0.3 is 6.18 Å². The van der Waals surface area contributed by atoms with E-state index in [1.165, 1.54) is 11.0 Å². The Labute approximate surface area is 242 Å². The van der Waals surface area contributed by atoms with E-state index < -0.39 is 17.6 Å². The number of hydrogen-bond donors (Lipinski definition) is 0. The van der Waals surface area contributed by atoms with Gasteiger partial charge in [-0.3, -0.25) is 14.3 Å². The van der Waals surface area contributed by atoms with Crippen LogP contribution in [0.5, 0.6) is 0 Å². The van der Waals surface area contributed by atoms with Crippen LogP contribution in [-0.2, 0) is 6.18 Å². The fourth-order valence-electron chi connectivity index (χ4n) is 6.40. The number of likely N-dealkylation sites (N-methyl/N-ethyl adjacent to an activating group) is 1. The van der Waals surface area contributed by atoms with E-state index in [1.54, 1.807) is 24.4 Å². The maximum Gasteiger partial charge on any atom is 0.418 e. The number of hydrogen-bond acceptors (Lipinski definition) is 7. The van der Waals surface area contributed by atoms with Crippen LogP contribution in [0.25, 0.3) is 27.8 Å². The van der Waals surface area contributed by atoms with Gasteiger partial charge in [0.15, 0.2) is 5.65 Å². The number of anilines is 2. The molecule has 2 atom stereocenters. The number of rotatable bonds is 4. The lowest BCUT2D eigenvalue weighted by atomic mass is 9.97. The second kappa shape index (κ2) is 10.6. The predicted octanol–water partition coefficient (Wildman–Crippen LogP) is 5.16. The summed E-state index contributed by atoms with van der Waals surface area (Å²) in [6.07, 6.45) is -1.74. The van der Waals surface area contributed by atoms with Gasteiger partial charge in [0.25, 0.3) is 0 Å². The number of alkyl halides is 3. The topological polar surface area (TPSA) is 56.0 Å². The van der Waals surface area contributed by atoms with Crippen LogP contribution in [0.1, 0.15) is 32.3 Å². The first-order valence-corrected chi connectivity index (χ1v) is 14.4. The third-order valence-electron chi connectivity index (χ3n) is 9.06. The summed E-state index contributed by atoms with van der Waals surface area (Å²) in [7, 11) is 6.02. The highest BCUT2D eigenvalue weighted by atomic mass is 19.4. The van der Waals surface area contributed by atoms with Gasteiger partial charge in [0, 0.05) is 44.3 Å². The fourth-order valence-corrected chi connectivity index (χ4v) is 6.40. The first-order valence-electron chi connectivity index (χ1n) is 14.4. The van der Waals surface area contributed by atoms with Crippen LogP contribution >= 0.6 is 0 Å². The molecule has 2 aliphatic heterocycles. The molecule has 224 valence electrons. The van der Waals surface area contributed by atoms with E-state index in [1.807, 2.05) is 18.5 Å². The molecule has 0 spiro atoms. The predicted molar refractivity (Wildman–Crippen MR) is 157 cm³/mol. The van der Waals surface area contributed by atoms with Crippen molar-refractivity contribution in [2.24, 2.45) is 0 Å². The Bertz CT molecular complexity index is 1600. The van der Waals surface area contributed by atoms with Crippen molar-refractivity contribution in [1.29, 1.82) is 0 Å². The molecule has 4 aromatic rings. The minimum Gasteiger partial charge on any atom is -0.369 e. The quantitative estimate of drug-likeness (QED) is 0.307. The van der Waals surface area contributed by atoms with Crippen LogP contribution in [-0.4, -0.2) is 94.8 Å². The van der Waals surface area contributed by atoms with Gasteiger partial charge in [-0.05, 0) is 83.2 Å². The van der Waals surface area contributed by atoms with Crippen LogP contribution in [0, 0.1) is 5.82 Å². The number of halogens is 4. The number of piperazine rings is 1. The highest BCUT2D eigenvalue weighted by Crippen LogP contribution is 2.42. The first kappa shape index (κ1) is 28.6. The van der Waals surface area contributed by atoms with Gasteiger partial charge in [0.05, 0.1) is 28.5 Å². The molecule has 0 unspecified atom stereocenters. The average Bonchev–Trinajstić information content (AvgIpc) is 3.39. The Hall–Kier alpha value is -3.51. The van der Waals surface area contributed by atoms with Gasteiger partial charge in [-0.25, -0.2) is 4.39 Å². The van der Waals surface area contributed by atoms with Gasteiger partial charge in [-0.15, -0.1) is 10.2 Å². The Balaban J connectivity index is 1.43. The highest BCUT2D eigenvalue weighted by Gasteiger charge is 2.38. The fraction of sp³-hybridized carbons (Fsp3) is 0.500. The van der Waals surface area contributed by atoms with E-state index >= 15 is 4.39 Å². The molecule has 2 saturated heterocycles. The summed E-state index contributed by atoms with van der Waals surface area (Å²) in [6, 6.07) is 8.32. The lowest BCUT2D eigenvalue weighted by molar-refractivity contribution is -0.137. The van der Waals surface area contributed by atoms with Gasteiger partial charge in [0.2, 0.25) is 5.95 Å². The monoisotopic (exact) mass is 584 g/mol. The lowest BCUT2D eigenvalue weighted by Gasteiger charge is -2.42. The summed E-state index contributed by atoms with van der Waals surface area (Å²) in [6.45, 7) is 6.54. The third-order valence-corrected chi connectivity index (χ3v) is 9.06. The zero-order valence-electron chi connectivity index (χ0n) is 24.5. The number of fused-ring (bicyclic) bond motifs is 3. The summed E-state index contributed by atoms with van der Waals surface area (Å²) < 4.78 is 60.8. The molecule has 0 bridgehead atoms. The Kier molecular flexibility index (Phi) is 7.25. The van der Waals surface area contributed by atoms with Crippen LogP contribution in [0.2, 0.25) is 0 Å². The molecule has 12 heteroatoms. The molecule has 0 N–H and O–H groups in total. The molecule has 0 amide bonds. The van der Waals surface area contributed by atoms with Crippen molar-refractivity contribution in [3.05, 3.63) is 47.9 Å². The zero-order chi connectivity index (χ0) is 29.9. The Morgan fingerprint density at radius 2 is 1.60 bits per heavy atom. The molecule has 6 rings (SSSR count). The highest BCUT2D eigenvalue weighted by molar-refractivity contribution is 5.85. The van der Waals surface area contributed by atoms with Crippen molar-refractivity contribution in [2.75, 3.05) is 57.1 Å². The Morgan fingerprint density at radius 1 is 0.905 bits per heavy atom. The summed E-state index contributed by atoms with van der Waals surface area (Å²) in [5, 5.41) is 8.80. The smallest absolute Gasteiger partial charge is 0.369 e. The third kappa shape index (κ3) is 5.04. The van der Waals surface area contributed by atoms with E-state index in [4.69, 9.17) is 0 Å². The van der Waals surface area contributed by atoms with Gasteiger partial charge in [0.1, 0.15) is 5.82 Å². The summed E-state index contributed by atoms with van der Waals surface area (Å²) in [5.41, 5.74) is 1.11.